The molecule has 86 valence electrons. The number of nitrogens with one attached hydrogen (secondary N) is 1. The van der Waals surface area contributed by atoms with E-state index in [1.165, 1.54) is 14.2 Å². The predicted molar refractivity (Wildman–Crippen MR) is 72.0 cm³/mol. The van der Waals surface area contributed by atoms with Gasteiger partial charge in [0.25, 0.3) is 0 Å². The number of halogens is 1. The van der Waals surface area contributed by atoms with E-state index in [0.717, 1.165) is 24.6 Å². The summed E-state index contributed by atoms with van der Waals surface area (Å²) in [5, 5.41) is 3.30. The van der Waals surface area contributed by atoms with E-state index in [4.69, 9.17) is 0 Å². The van der Waals surface area contributed by atoms with Gasteiger partial charge in [-0.15, -0.1) is 11.3 Å². The van der Waals surface area contributed by atoms with Crippen LogP contribution in [-0.4, -0.2) is 22.3 Å². The molecule has 0 aliphatic carbocycles. The van der Waals surface area contributed by atoms with E-state index in [1.54, 1.807) is 11.3 Å². The van der Waals surface area contributed by atoms with Crippen LogP contribution in [0.3, 0.4) is 0 Å². The van der Waals surface area contributed by atoms with Gasteiger partial charge >= 0.3 is 0 Å². The van der Waals surface area contributed by atoms with Gasteiger partial charge in [0.1, 0.15) is 0 Å². The van der Waals surface area contributed by atoms with E-state index < -0.39 is 10.8 Å². The van der Waals surface area contributed by atoms with Crippen molar-refractivity contribution in [2.24, 2.45) is 0 Å². The summed E-state index contributed by atoms with van der Waals surface area (Å²) < 4.78 is 12.4. The minimum absolute atomic E-state index is 0.652. The molecule has 0 aliphatic heterocycles. The lowest BCUT2D eigenvalue weighted by atomic mass is 10.3. The van der Waals surface area contributed by atoms with Gasteiger partial charge in [-0.25, -0.2) is 0 Å². The Bertz CT molecular complexity index is 319. The average Bonchev–Trinajstić information content (AvgIpc) is 2.53. The number of aryl methyl sites for hydroxylation is 1. The van der Waals surface area contributed by atoms with Gasteiger partial charge in [0.15, 0.2) is 0 Å². The van der Waals surface area contributed by atoms with Crippen LogP contribution in [-0.2, 0) is 17.3 Å². The molecule has 15 heavy (non-hydrogen) atoms. The zero-order chi connectivity index (χ0) is 11.3. The highest BCUT2D eigenvalue weighted by Gasteiger charge is 2.02. The first-order chi connectivity index (χ1) is 7.13. The van der Waals surface area contributed by atoms with Gasteiger partial charge in [-0.2, -0.15) is 0 Å². The monoisotopic (exact) mass is 309 g/mol. The summed E-state index contributed by atoms with van der Waals surface area (Å²) in [4.78, 5) is 1.32. The summed E-state index contributed by atoms with van der Waals surface area (Å²) in [7, 11) is -0.652. The molecular weight excluding hydrogens is 294 g/mol. The molecule has 1 aromatic heterocycles. The molecule has 1 heterocycles. The maximum absolute atomic E-state index is 11.1. The van der Waals surface area contributed by atoms with E-state index >= 15 is 0 Å². The van der Waals surface area contributed by atoms with Crippen molar-refractivity contribution in [2.45, 2.75) is 20.4 Å². The van der Waals surface area contributed by atoms with Gasteiger partial charge in [-0.3, -0.25) is 4.21 Å². The second-order valence-electron chi connectivity index (χ2n) is 3.28. The topological polar surface area (TPSA) is 29.1 Å². The third-order valence-electron chi connectivity index (χ3n) is 2.04. The zero-order valence-corrected chi connectivity index (χ0v) is 12.2. The van der Waals surface area contributed by atoms with Crippen molar-refractivity contribution in [1.29, 1.82) is 0 Å². The Labute approximate surface area is 106 Å². The first kappa shape index (κ1) is 13.4. The molecule has 1 unspecified atom stereocenters. The van der Waals surface area contributed by atoms with Crippen molar-refractivity contribution in [3.05, 3.63) is 20.3 Å². The number of rotatable bonds is 6. The lowest BCUT2D eigenvalue weighted by Crippen LogP contribution is -2.20. The Kier molecular flexibility index (Phi) is 6.04. The lowest BCUT2D eigenvalue weighted by molar-refractivity contribution is 0.675. The zero-order valence-electron chi connectivity index (χ0n) is 9.01. The van der Waals surface area contributed by atoms with Crippen LogP contribution in [0.5, 0.6) is 0 Å². The van der Waals surface area contributed by atoms with Crippen molar-refractivity contribution >= 4 is 38.1 Å². The molecule has 1 atom stereocenters. The number of thiophene rings is 1. The van der Waals surface area contributed by atoms with E-state index in [-0.39, 0.29) is 0 Å². The molecule has 0 spiro atoms. The van der Waals surface area contributed by atoms with Crippen molar-refractivity contribution in [2.75, 3.05) is 18.1 Å². The molecule has 1 N–H and O–H groups in total. The van der Waals surface area contributed by atoms with Crippen molar-refractivity contribution in [3.8, 4) is 0 Å². The second kappa shape index (κ2) is 6.78. The Morgan fingerprint density at radius 1 is 1.60 bits per heavy atom. The SMILES string of the molecule is CCS(=O)CCNCc1cc(C)c(Br)s1. The summed E-state index contributed by atoms with van der Waals surface area (Å²) in [6, 6.07) is 2.18. The van der Waals surface area contributed by atoms with Crippen LogP contribution in [0.4, 0.5) is 0 Å². The molecule has 0 aliphatic rings. The van der Waals surface area contributed by atoms with Gasteiger partial charge in [-0.1, -0.05) is 6.92 Å². The first-order valence-corrected chi connectivity index (χ1v) is 8.03. The van der Waals surface area contributed by atoms with Crippen LogP contribution in [0.15, 0.2) is 9.85 Å². The number of hydrogen-bond donors (Lipinski definition) is 1. The Morgan fingerprint density at radius 2 is 2.33 bits per heavy atom. The maximum atomic E-state index is 11.1. The van der Waals surface area contributed by atoms with E-state index in [9.17, 15) is 4.21 Å². The first-order valence-electron chi connectivity index (χ1n) is 4.94. The maximum Gasteiger partial charge on any atom is 0.0730 e. The highest BCUT2D eigenvalue weighted by Crippen LogP contribution is 2.26. The van der Waals surface area contributed by atoms with Gasteiger partial charge in [-0.05, 0) is 34.5 Å². The summed E-state index contributed by atoms with van der Waals surface area (Å²) >= 11 is 5.26. The second-order valence-corrected chi connectivity index (χ2v) is 7.60. The molecule has 0 radical (unpaired) electrons. The molecule has 0 saturated carbocycles. The quantitative estimate of drug-likeness (QED) is 0.819. The van der Waals surface area contributed by atoms with Gasteiger partial charge in [0.2, 0.25) is 0 Å². The van der Waals surface area contributed by atoms with Crippen LogP contribution in [0.2, 0.25) is 0 Å². The number of hydrogen-bond acceptors (Lipinski definition) is 3. The van der Waals surface area contributed by atoms with Gasteiger partial charge in [0.05, 0.1) is 3.79 Å². The molecule has 1 rings (SSSR count). The molecule has 0 bridgehead atoms. The van der Waals surface area contributed by atoms with Crippen LogP contribution in [0, 0.1) is 6.92 Å². The fourth-order valence-corrected chi connectivity index (χ4v) is 3.41. The molecule has 0 aromatic carbocycles. The molecule has 1 aromatic rings. The highest BCUT2D eigenvalue weighted by molar-refractivity contribution is 9.11. The van der Waals surface area contributed by atoms with Gasteiger partial charge < -0.3 is 5.32 Å². The molecule has 2 nitrogen and oxygen atoms in total. The fraction of sp³-hybridized carbons (Fsp3) is 0.600. The summed E-state index contributed by atoms with van der Waals surface area (Å²) in [5.74, 6) is 1.51. The highest BCUT2D eigenvalue weighted by atomic mass is 79.9. The minimum Gasteiger partial charge on any atom is -0.311 e. The standard InChI is InChI=1S/C10H16BrNOS2/c1-3-15(13)5-4-12-7-9-6-8(2)10(11)14-9/h6,12H,3-5,7H2,1-2H3. The lowest BCUT2D eigenvalue weighted by Gasteiger charge is -2.01. The van der Waals surface area contributed by atoms with Crippen molar-refractivity contribution < 1.29 is 4.21 Å². The van der Waals surface area contributed by atoms with Crippen molar-refractivity contribution in [1.82, 2.24) is 5.32 Å². The smallest absolute Gasteiger partial charge is 0.0730 e. The van der Waals surface area contributed by atoms with Crippen LogP contribution >= 0.6 is 27.3 Å². The largest absolute Gasteiger partial charge is 0.311 e. The average molecular weight is 310 g/mol. The van der Waals surface area contributed by atoms with Gasteiger partial charge in [0, 0.05) is 40.3 Å². The normalized spacial score (nSPS) is 13.0. The predicted octanol–water partition coefficient (Wildman–Crippen LogP) is 2.68. The Hall–Kier alpha value is 0.290. The van der Waals surface area contributed by atoms with Crippen molar-refractivity contribution in [3.63, 3.8) is 0 Å². The molecule has 0 saturated heterocycles. The van der Waals surface area contributed by atoms with E-state index in [0.29, 0.717) is 0 Å². The van der Waals surface area contributed by atoms with Crippen LogP contribution in [0.25, 0.3) is 0 Å². The van der Waals surface area contributed by atoms with Crippen LogP contribution < -0.4 is 5.32 Å². The third kappa shape index (κ3) is 4.76. The molecule has 0 fully saturated rings. The third-order valence-corrected chi connectivity index (χ3v) is 5.48. The van der Waals surface area contributed by atoms with E-state index in [1.807, 2.05) is 6.92 Å². The molecule has 0 amide bonds. The summed E-state index contributed by atoms with van der Waals surface area (Å²) in [6.45, 7) is 5.75. The fourth-order valence-electron chi connectivity index (χ4n) is 1.15. The summed E-state index contributed by atoms with van der Waals surface area (Å²) in [5.41, 5.74) is 1.29. The minimum atomic E-state index is -0.652. The Morgan fingerprint density at radius 3 is 2.87 bits per heavy atom. The molecule has 5 heteroatoms. The van der Waals surface area contributed by atoms with E-state index in [2.05, 4.69) is 34.2 Å². The Balaban J connectivity index is 2.23. The molecular formula is C10H16BrNOS2. The van der Waals surface area contributed by atoms with Crippen LogP contribution in [0.1, 0.15) is 17.4 Å². The summed E-state index contributed by atoms with van der Waals surface area (Å²) in [6.07, 6.45) is 0.